The summed E-state index contributed by atoms with van der Waals surface area (Å²) in [6, 6.07) is 40.1. The Labute approximate surface area is 158 Å². The van der Waals surface area contributed by atoms with Gasteiger partial charge in [0.2, 0.25) is 0 Å². The van der Waals surface area contributed by atoms with Gasteiger partial charge in [-0.15, -0.1) is 0 Å². The van der Waals surface area contributed by atoms with Crippen LogP contribution in [-0.4, -0.2) is 0 Å². The molecular formula is C25H23P. The predicted octanol–water partition coefficient (Wildman–Crippen LogP) is 5.98. The molecule has 0 nitrogen and oxygen atoms in total. The third kappa shape index (κ3) is 5.69. The summed E-state index contributed by atoms with van der Waals surface area (Å²) in [5.74, 6) is 0. The Bertz CT molecular complexity index is 863. The lowest BCUT2D eigenvalue weighted by atomic mass is 10.1. The lowest BCUT2D eigenvalue weighted by Gasteiger charge is -2.02. The summed E-state index contributed by atoms with van der Waals surface area (Å²) in [5.41, 5.74) is 3.89. The summed E-state index contributed by atoms with van der Waals surface area (Å²) < 4.78 is 0. The van der Waals surface area contributed by atoms with Gasteiger partial charge in [-0.05, 0) is 28.7 Å². The zero-order chi connectivity index (χ0) is 18.0. The van der Waals surface area contributed by atoms with Gasteiger partial charge in [-0.2, -0.15) is 0 Å². The van der Waals surface area contributed by atoms with Gasteiger partial charge < -0.3 is 0 Å². The number of hydrogen-bond acceptors (Lipinski definition) is 0. The van der Waals surface area contributed by atoms with Crippen molar-refractivity contribution in [3.05, 3.63) is 121 Å². The Kier molecular flexibility index (Phi) is 6.76. The van der Waals surface area contributed by atoms with Crippen LogP contribution in [0.5, 0.6) is 0 Å². The first-order chi connectivity index (χ1) is 12.8. The largest absolute Gasteiger partial charge is 0.0622 e. The van der Waals surface area contributed by atoms with Gasteiger partial charge in [-0.1, -0.05) is 129 Å². The van der Waals surface area contributed by atoms with Gasteiger partial charge in [0.1, 0.15) is 0 Å². The molecule has 0 radical (unpaired) electrons. The standard InChI is InChI=1S/C13H13P.C12H10/c1-11-6-5-9-13(10-11)14-12-7-3-2-4-8-12;1-3-7-11(8-4-1)12-9-5-2-6-10-12/h2-10,14H,1H3;1-10H. The molecule has 1 unspecified atom stereocenters. The molecular weight excluding hydrogens is 331 g/mol. The minimum atomic E-state index is 0.773. The summed E-state index contributed by atoms with van der Waals surface area (Å²) in [4.78, 5) is 0. The van der Waals surface area contributed by atoms with Crippen molar-refractivity contribution in [3.8, 4) is 11.1 Å². The van der Waals surface area contributed by atoms with Crippen molar-refractivity contribution in [2.45, 2.75) is 6.92 Å². The highest BCUT2D eigenvalue weighted by Gasteiger charge is 1.95. The highest BCUT2D eigenvalue weighted by atomic mass is 31.1. The molecule has 0 aliphatic rings. The maximum absolute atomic E-state index is 2.26. The van der Waals surface area contributed by atoms with Crippen molar-refractivity contribution in [1.29, 1.82) is 0 Å². The summed E-state index contributed by atoms with van der Waals surface area (Å²) >= 11 is 0. The van der Waals surface area contributed by atoms with E-state index in [0.29, 0.717) is 0 Å². The molecule has 0 fully saturated rings. The lowest BCUT2D eigenvalue weighted by molar-refractivity contribution is 1.50. The monoisotopic (exact) mass is 354 g/mol. The molecule has 0 aliphatic heterocycles. The summed E-state index contributed by atoms with van der Waals surface area (Å²) in [7, 11) is 0.773. The van der Waals surface area contributed by atoms with E-state index in [-0.39, 0.29) is 0 Å². The molecule has 4 rings (SSSR count). The Morgan fingerprint density at radius 1 is 0.462 bits per heavy atom. The van der Waals surface area contributed by atoms with Crippen LogP contribution in [-0.2, 0) is 0 Å². The van der Waals surface area contributed by atoms with Crippen LogP contribution in [0.3, 0.4) is 0 Å². The fourth-order valence-corrected chi connectivity index (χ4v) is 3.84. The molecule has 4 aromatic carbocycles. The van der Waals surface area contributed by atoms with E-state index < -0.39 is 0 Å². The molecule has 0 spiro atoms. The predicted molar refractivity (Wildman–Crippen MR) is 117 cm³/mol. The maximum Gasteiger partial charge on any atom is -0.0184 e. The topological polar surface area (TPSA) is 0 Å². The van der Waals surface area contributed by atoms with Crippen LogP contribution in [0.2, 0.25) is 0 Å². The molecule has 1 atom stereocenters. The first-order valence-corrected chi connectivity index (χ1v) is 9.80. The van der Waals surface area contributed by atoms with Crippen LogP contribution >= 0.6 is 8.58 Å². The van der Waals surface area contributed by atoms with Crippen molar-refractivity contribution in [3.63, 3.8) is 0 Å². The fraction of sp³-hybridized carbons (Fsp3) is 0.0400. The third-order valence-electron chi connectivity index (χ3n) is 3.96. The smallest absolute Gasteiger partial charge is 0.0184 e. The van der Waals surface area contributed by atoms with Gasteiger partial charge in [0.25, 0.3) is 0 Å². The zero-order valence-corrected chi connectivity index (χ0v) is 16.0. The first-order valence-electron chi connectivity index (χ1n) is 8.80. The van der Waals surface area contributed by atoms with E-state index in [1.807, 2.05) is 12.1 Å². The van der Waals surface area contributed by atoms with E-state index in [9.17, 15) is 0 Å². The van der Waals surface area contributed by atoms with E-state index >= 15 is 0 Å². The van der Waals surface area contributed by atoms with Crippen LogP contribution in [0.4, 0.5) is 0 Å². The average Bonchev–Trinajstić information content (AvgIpc) is 2.71. The maximum atomic E-state index is 2.26. The summed E-state index contributed by atoms with van der Waals surface area (Å²) in [6.45, 7) is 2.14. The van der Waals surface area contributed by atoms with E-state index in [0.717, 1.165) is 8.58 Å². The second-order valence-corrected chi connectivity index (χ2v) is 7.50. The van der Waals surface area contributed by atoms with Gasteiger partial charge in [-0.25, -0.2) is 0 Å². The van der Waals surface area contributed by atoms with Crippen molar-refractivity contribution in [2.75, 3.05) is 0 Å². The molecule has 1 heteroatoms. The quantitative estimate of drug-likeness (QED) is 0.397. The van der Waals surface area contributed by atoms with Gasteiger partial charge in [-0.3, -0.25) is 0 Å². The van der Waals surface area contributed by atoms with Crippen LogP contribution in [0.25, 0.3) is 11.1 Å². The molecule has 26 heavy (non-hydrogen) atoms. The van der Waals surface area contributed by atoms with Crippen molar-refractivity contribution < 1.29 is 0 Å². The number of benzene rings is 4. The fourth-order valence-electron chi connectivity index (χ4n) is 2.67. The van der Waals surface area contributed by atoms with Gasteiger partial charge in [0.15, 0.2) is 0 Å². The van der Waals surface area contributed by atoms with Crippen LogP contribution in [0.1, 0.15) is 5.56 Å². The summed E-state index contributed by atoms with van der Waals surface area (Å²) in [6.07, 6.45) is 0. The SMILES string of the molecule is Cc1cccc(Pc2ccccc2)c1.c1ccc(-c2ccccc2)cc1. The molecule has 0 amide bonds. The van der Waals surface area contributed by atoms with E-state index in [4.69, 9.17) is 0 Å². The average molecular weight is 354 g/mol. The van der Waals surface area contributed by atoms with Crippen molar-refractivity contribution >= 4 is 19.2 Å². The second-order valence-electron chi connectivity index (χ2n) is 6.09. The van der Waals surface area contributed by atoms with E-state index in [1.165, 1.54) is 27.3 Å². The van der Waals surface area contributed by atoms with Crippen molar-refractivity contribution in [1.82, 2.24) is 0 Å². The van der Waals surface area contributed by atoms with Gasteiger partial charge in [0.05, 0.1) is 0 Å². The molecule has 128 valence electrons. The van der Waals surface area contributed by atoms with Gasteiger partial charge >= 0.3 is 0 Å². The number of aryl methyl sites for hydroxylation is 1. The highest BCUT2D eigenvalue weighted by Crippen LogP contribution is 2.17. The molecule has 0 bridgehead atoms. The van der Waals surface area contributed by atoms with Crippen molar-refractivity contribution in [2.24, 2.45) is 0 Å². The Morgan fingerprint density at radius 3 is 1.42 bits per heavy atom. The van der Waals surface area contributed by atoms with E-state index in [2.05, 4.69) is 110 Å². The lowest BCUT2D eigenvalue weighted by Crippen LogP contribution is -2.02. The minimum absolute atomic E-state index is 0.773. The first kappa shape index (κ1) is 18.1. The highest BCUT2D eigenvalue weighted by molar-refractivity contribution is 7.55. The second kappa shape index (κ2) is 9.70. The zero-order valence-electron chi connectivity index (χ0n) is 15.0. The Balaban J connectivity index is 0.000000152. The van der Waals surface area contributed by atoms with Crippen LogP contribution in [0.15, 0.2) is 115 Å². The van der Waals surface area contributed by atoms with Crippen LogP contribution < -0.4 is 10.6 Å². The Morgan fingerprint density at radius 2 is 0.923 bits per heavy atom. The molecule has 0 saturated heterocycles. The van der Waals surface area contributed by atoms with E-state index in [1.54, 1.807) is 0 Å². The molecule has 0 heterocycles. The molecule has 0 aliphatic carbocycles. The number of hydrogen-bond donors (Lipinski definition) is 0. The van der Waals surface area contributed by atoms with Gasteiger partial charge in [0, 0.05) is 0 Å². The minimum Gasteiger partial charge on any atom is -0.0622 e. The molecule has 4 aromatic rings. The van der Waals surface area contributed by atoms with Crippen LogP contribution in [0, 0.1) is 6.92 Å². The normalized spacial score (nSPS) is 10.3. The molecule has 0 aromatic heterocycles. The Hall–Kier alpha value is -2.69. The summed E-state index contributed by atoms with van der Waals surface area (Å²) in [5, 5.41) is 2.81. The molecule has 0 saturated carbocycles. The number of rotatable bonds is 3. The third-order valence-corrected chi connectivity index (χ3v) is 5.18. The molecule has 0 N–H and O–H groups in total.